The van der Waals surface area contributed by atoms with Gasteiger partial charge in [0.15, 0.2) is 0 Å². The molecule has 3 heterocycles. The Bertz CT molecular complexity index is 1110. The molecular weight excluding hydrogens is 436 g/mol. The van der Waals surface area contributed by atoms with Crippen LogP contribution in [0.4, 0.5) is 11.8 Å². The number of fused-ring (bicyclic) bond motifs is 1. The number of methoxy groups -OCH3 is 1. The number of aliphatic hydroxyl groups is 1. The van der Waals surface area contributed by atoms with E-state index in [1.807, 2.05) is 40.0 Å². The van der Waals surface area contributed by atoms with E-state index in [2.05, 4.69) is 15.6 Å². The Morgan fingerprint density at radius 3 is 2.73 bits per heavy atom. The van der Waals surface area contributed by atoms with Crippen LogP contribution >= 0.6 is 11.3 Å². The van der Waals surface area contributed by atoms with Crippen LogP contribution in [0.1, 0.15) is 50.9 Å². The van der Waals surface area contributed by atoms with Gasteiger partial charge in [-0.2, -0.15) is 4.98 Å². The molecule has 3 N–H and O–H groups in total. The van der Waals surface area contributed by atoms with Crippen LogP contribution in [0.3, 0.4) is 0 Å². The van der Waals surface area contributed by atoms with Crippen molar-refractivity contribution in [2.24, 2.45) is 5.92 Å². The molecular formula is C24H34N6O2S. The zero-order valence-corrected chi connectivity index (χ0v) is 20.9. The quantitative estimate of drug-likeness (QED) is 0.391. The molecule has 0 amide bonds. The number of nitrogens with one attached hydrogen (secondary N) is 2. The molecule has 0 radical (unpaired) electrons. The number of nitrogens with zero attached hydrogens (tertiary/aromatic N) is 4. The summed E-state index contributed by atoms with van der Waals surface area (Å²) in [5.41, 5.74) is 3.03. The van der Waals surface area contributed by atoms with Gasteiger partial charge in [0.2, 0.25) is 5.95 Å². The Balaban J connectivity index is 1.66. The summed E-state index contributed by atoms with van der Waals surface area (Å²) in [5.74, 6) is 1.89. The molecule has 3 aromatic rings. The fourth-order valence-corrected chi connectivity index (χ4v) is 5.77. The number of rotatable bonds is 9. The first kappa shape index (κ1) is 23.8. The van der Waals surface area contributed by atoms with E-state index in [1.54, 1.807) is 18.4 Å². The van der Waals surface area contributed by atoms with Crippen LogP contribution in [0, 0.1) is 19.8 Å². The number of aromatic nitrogens is 4. The summed E-state index contributed by atoms with van der Waals surface area (Å²) >= 11 is 1.64. The Morgan fingerprint density at radius 1 is 1.18 bits per heavy atom. The third-order valence-corrected chi connectivity index (χ3v) is 7.09. The molecule has 8 nitrogen and oxygen atoms in total. The largest absolute Gasteiger partial charge is 0.390 e. The van der Waals surface area contributed by atoms with Crippen molar-refractivity contribution in [1.29, 1.82) is 0 Å². The molecule has 178 valence electrons. The minimum Gasteiger partial charge on any atom is -0.390 e. The monoisotopic (exact) mass is 470 g/mol. The van der Waals surface area contributed by atoms with Gasteiger partial charge in [-0.3, -0.25) is 4.98 Å². The van der Waals surface area contributed by atoms with Gasteiger partial charge in [-0.25, -0.2) is 9.97 Å². The number of ether oxygens (including phenoxy) is 1. The molecule has 33 heavy (non-hydrogen) atoms. The third-order valence-electron chi connectivity index (χ3n) is 6.05. The average Bonchev–Trinajstić information content (AvgIpc) is 3.34. The second kappa shape index (κ2) is 9.87. The third kappa shape index (κ3) is 5.77. The van der Waals surface area contributed by atoms with Crippen LogP contribution in [0.2, 0.25) is 0 Å². The second-order valence-corrected chi connectivity index (χ2v) is 10.6. The van der Waals surface area contributed by atoms with Gasteiger partial charge in [0.25, 0.3) is 0 Å². The van der Waals surface area contributed by atoms with E-state index >= 15 is 0 Å². The summed E-state index contributed by atoms with van der Waals surface area (Å²) in [6.07, 6.45) is 5.81. The van der Waals surface area contributed by atoms with E-state index in [4.69, 9.17) is 19.7 Å². The first-order valence-corrected chi connectivity index (χ1v) is 12.4. The number of hydrogen-bond donors (Lipinski definition) is 3. The Morgan fingerprint density at radius 2 is 2.00 bits per heavy atom. The van der Waals surface area contributed by atoms with Crippen LogP contribution < -0.4 is 10.6 Å². The van der Waals surface area contributed by atoms with E-state index in [-0.39, 0.29) is 0 Å². The highest BCUT2D eigenvalue weighted by molar-refractivity contribution is 7.21. The number of anilines is 2. The predicted molar refractivity (Wildman–Crippen MR) is 134 cm³/mol. The lowest BCUT2D eigenvalue weighted by atomic mass is 9.92. The lowest BCUT2D eigenvalue weighted by Gasteiger charge is -2.22. The average molecular weight is 471 g/mol. The zero-order chi connectivity index (χ0) is 23.6. The molecule has 2 atom stereocenters. The van der Waals surface area contributed by atoms with Gasteiger partial charge in [-0.05, 0) is 65.4 Å². The zero-order valence-electron chi connectivity index (χ0n) is 20.1. The Labute approximate surface area is 199 Å². The van der Waals surface area contributed by atoms with Gasteiger partial charge in [-0.15, -0.1) is 11.3 Å². The summed E-state index contributed by atoms with van der Waals surface area (Å²) in [4.78, 5) is 18.9. The number of pyridine rings is 1. The Kier molecular flexibility index (Phi) is 7.11. The van der Waals surface area contributed by atoms with E-state index in [0.29, 0.717) is 31.1 Å². The molecule has 0 aromatic carbocycles. The maximum Gasteiger partial charge on any atom is 0.224 e. The standard InChI is InChI=1S/C24H34N6O2S/c1-14-19(22-29-20-15(2)25-9-8-18(20)33-22)21(30-23(27-14)26-10-11-32-5)28-17-7-6-16(12-17)13-24(3,4)31/h8-9,16-17,31H,6-7,10-13H2,1-5H3,(H2,26,27,28,30)/t16-,17+/m1/s1. The van der Waals surface area contributed by atoms with E-state index < -0.39 is 5.60 Å². The molecule has 0 spiro atoms. The van der Waals surface area contributed by atoms with Crippen molar-refractivity contribution in [2.45, 2.75) is 65.0 Å². The van der Waals surface area contributed by atoms with Crippen LogP contribution in [-0.4, -0.2) is 56.9 Å². The molecule has 9 heteroatoms. The van der Waals surface area contributed by atoms with Crippen molar-refractivity contribution in [3.8, 4) is 10.6 Å². The highest BCUT2D eigenvalue weighted by atomic mass is 32.1. The molecule has 0 aliphatic heterocycles. The van der Waals surface area contributed by atoms with Crippen molar-refractivity contribution in [3.63, 3.8) is 0 Å². The number of aryl methyl sites for hydroxylation is 2. The van der Waals surface area contributed by atoms with E-state index in [1.165, 1.54) is 0 Å². The maximum atomic E-state index is 10.2. The van der Waals surface area contributed by atoms with Gasteiger partial charge in [0.05, 0.1) is 33.9 Å². The second-order valence-electron chi connectivity index (χ2n) is 9.57. The highest BCUT2D eigenvalue weighted by Crippen LogP contribution is 2.39. The summed E-state index contributed by atoms with van der Waals surface area (Å²) in [6.45, 7) is 8.99. The van der Waals surface area contributed by atoms with Gasteiger partial charge >= 0.3 is 0 Å². The minimum absolute atomic E-state index is 0.301. The molecule has 4 rings (SSSR count). The van der Waals surface area contributed by atoms with E-state index in [0.717, 1.165) is 63.7 Å². The number of thiazole rings is 1. The van der Waals surface area contributed by atoms with E-state index in [9.17, 15) is 5.11 Å². The van der Waals surface area contributed by atoms with Crippen LogP contribution in [-0.2, 0) is 4.74 Å². The van der Waals surface area contributed by atoms with Crippen molar-refractivity contribution >= 4 is 33.3 Å². The lowest BCUT2D eigenvalue weighted by molar-refractivity contribution is 0.0534. The summed E-state index contributed by atoms with van der Waals surface area (Å²) < 4.78 is 6.26. The molecule has 1 fully saturated rings. The summed E-state index contributed by atoms with van der Waals surface area (Å²) in [6, 6.07) is 2.31. The summed E-state index contributed by atoms with van der Waals surface area (Å²) in [7, 11) is 1.68. The Hall–Kier alpha value is -2.36. The molecule has 1 aliphatic rings. The predicted octanol–water partition coefficient (Wildman–Crippen LogP) is 4.57. The van der Waals surface area contributed by atoms with Gasteiger partial charge in [0, 0.05) is 25.9 Å². The van der Waals surface area contributed by atoms with Crippen LogP contribution in [0.25, 0.3) is 20.8 Å². The van der Waals surface area contributed by atoms with Crippen LogP contribution in [0.5, 0.6) is 0 Å². The molecule has 1 aliphatic carbocycles. The SMILES string of the molecule is COCCNc1nc(C)c(-c2nc3c(C)nccc3s2)c(N[C@H]2CC[C@@H](CC(C)(C)O)C2)n1. The smallest absolute Gasteiger partial charge is 0.224 e. The van der Waals surface area contributed by atoms with Crippen molar-refractivity contribution in [2.75, 3.05) is 30.9 Å². The lowest BCUT2D eigenvalue weighted by Crippen LogP contribution is -2.23. The summed E-state index contributed by atoms with van der Waals surface area (Å²) in [5, 5.41) is 18.1. The molecule has 0 bridgehead atoms. The number of hydrogen-bond acceptors (Lipinski definition) is 9. The van der Waals surface area contributed by atoms with Gasteiger partial charge < -0.3 is 20.5 Å². The van der Waals surface area contributed by atoms with Gasteiger partial charge in [0.1, 0.15) is 16.3 Å². The fraction of sp³-hybridized carbons (Fsp3) is 0.583. The van der Waals surface area contributed by atoms with Crippen LogP contribution in [0.15, 0.2) is 12.3 Å². The van der Waals surface area contributed by atoms with Crippen molar-refractivity contribution in [3.05, 3.63) is 23.7 Å². The van der Waals surface area contributed by atoms with Gasteiger partial charge in [-0.1, -0.05) is 0 Å². The molecule has 0 unspecified atom stereocenters. The topological polar surface area (TPSA) is 105 Å². The molecule has 1 saturated carbocycles. The fourth-order valence-electron chi connectivity index (χ4n) is 4.66. The van der Waals surface area contributed by atoms with Crippen molar-refractivity contribution < 1.29 is 9.84 Å². The molecule has 0 saturated heterocycles. The first-order chi connectivity index (χ1) is 15.7. The first-order valence-electron chi connectivity index (χ1n) is 11.6. The minimum atomic E-state index is -0.637. The van der Waals surface area contributed by atoms with Crippen molar-refractivity contribution in [1.82, 2.24) is 19.9 Å². The maximum absolute atomic E-state index is 10.2. The molecule has 3 aromatic heterocycles. The highest BCUT2D eigenvalue weighted by Gasteiger charge is 2.30. The normalized spacial score (nSPS) is 18.7.